The van der Waals surface area contributed by atoms with Gasteiger partial charge in [0.15, 0.2) is 0 Å². The second-order valence-corrected chi connectivity index (χ2v) is 8.26. The summed E-state index contributed by atoms with van der Waals surface area (Å²) in [5, 5.41) is 2.96. The molecule has 1 unspecified atom stereocenters. The maximum Gasteiger partial charge on any atom is 0.251 e. The summed E-state index contributed by atoms with van der Waals surface area (Å²) in [7, 11) is -3.46. The van der Waals surface area contributed by atoms with Gasteiger partial charge in [-0.05, 0) is 49.4 Å². The number of amides is 1. The molecule has 6 heteroatoms. The minimum absolute atomic E-state index is 0.0760. The normalized spacial score (nSPS) is 15.9. The van der Waals surface area contributed by atoms with Gasteiger partial charge in [-0.2, -0.15) is 0 Å². The van der Waals surface area contributed by atoms with E-state index in [9.17, 15) is 13.2 Å². The summed E-state index contributed by atoms with van der Waals surface area (Å²) in [6.07, 6.45) is 6.30. The average molecular weight is 353 g/mol. The van der Waals surface area contributed by atoms with Crippen molar-refractivity contribution in [1.29, 1.82) is 0 Å². The number of carbonyl (C=O) groups is 1. The topological polar surface area (TPSA) is 75.3 Å². The predicted octanol–water partition coefficient (Wildman–Crippen LogP) is 3.07. The Morgan fingerprint density at radius 2 is 1.88 bits per heavy atom. The molecule has 1 aliphatic rings. The van der Waals surface area contributed by atoms with Crippen LogP contribution in [0.5, 0.6) is 0 Å². The van der Waals surface area contributed by atoms with Crippen molar-refractivity contribution in [3.05, 3.63) is 29.8 Å². The van der Waals surface area contributed by atoms with Crippen LogP contribution in [0.3, 0.4) is 0 Å². The van der Waals surface area contributed by atoms with Crippen LogP contribution in [0.1, 0.15) is 62.7 Å². The molecule has 2 N–H and O–H groups in total. The maximum absolute atomic E-state index is 12.2. The molecule has 0 radical (unpaired) electrons. The zero-order valence-electron chi connectivity index (χ0n) is 14.5. The highest BCUT2D eigenvalue weighted by molar-refractivity contribution is 7.89. The SMILES string of the molecule is CCCCC(CC)CNC(=O)c1ccc(S(=O)(=O)NC2CC2)cc1. The second kappa shape index (κ2) is 8.62. The van der Waals surface area contributed by atoms with E-state index in [4.69, 9.17) is 0 Å². The maximum atomic E-state index is 12.2. The third-order valence-electron chi connectivity index (χ3n) is 4.42. The first-order valence-electron chi connectivity index (χ1n) is 8.86. The smallest absolute Gasteiger partial charge is 0.251 e. The molecule has 1 aromatic rings. The fourth-order valence-corrected chi connectivity index (χ4v) is 3.86. The molecule has 0 bridgehead atoms. The van der Waals surface area contributed by atoms with Gasteiger partial charge in [-0.25, -0.2) is 13.1 Å². The number of rotatable bonds is 10. The van der Waals surface area contributed by atoms with Crippen molar-refractivity contribution in [2.45, 2.75) is 63.3 Å². The van der Waals surface area contributed by atoms with Gasteiger partial charge in [0.05, 0.1) is 4.90 Å². The molecular formula is C18H28N2O3S. The molecule has 1 fully saturated rings. The largest absolute Gasteiger partial charge is 0.352 e. The van der Waals surface area contributed by atoms with Crippen LogP contribution in [0.25, 0.3) is 0 Å². The molecule has 0 aromatic heterocycles. The summed E-state index contributed by atoms with van der Waals surface area (Å²) in [6.45, 7) is 4.97. The lowest BCUT2D eigenvalue weighted by Crippen LogP contribution is -2.29. The molecule has 0 saturated heterocycles. The molecule has 0 heterocycles. The van der Waals surface area contributed by atoms with Gasteiger partial charge in [0.1, 0.15) is 0 Å². The van der Waals surface area contributed by atoms with E-state index in [1.54, 1.807) is 12.1 Å². The Labute approximate surface area is 145 Å². The van der Waals surface area contributed by atoms with E-state index < -0.39 is 10.0 Å². The van der Waals surface area contributed by atoms with Crippen molar-refractivity contribution in [3.8, 4) is 0 Å². The van der Waals surface area contributed by atoms with E-state index in [1.807, 2.05) is 0 Å². The monoisotopic (exact) mass is 352 g/mol. The quantitative estimate of drug-likeness (QED) is 0.679. The number of hydrogen-bond acceptors (Lipinski definition) is 3. The first kappa shape index (κ1) is 18.9. The number of benzene rings is 1. The van der Waals surface area contributed by atoms with Crippen LogP contribution in [0.4, 0.5) is 0 Å². The number of carbonyl (C=O) groups excluding carboxylic acids is 1. The van der Waals surface area contributed by atoms with Gasteiger partial charge in [-0.1, -0.05) is 33.1 Å². The molecule has 1 aliphatic carbocycles. The number of unbranched alkanes of at least 4 members (excludes halogenated alkanes) is 1. The highest BCUT2D eigenvalue weighted by atomic mass is 32.2. The van der Waals surface area contributed by atoms with Gasteiger partial charge >= 0.3 is 0 Å². The van der Waals surface area contributed by atoms with Crippen molar-refractivity contribution >= 4 is 15.9 Å². The van der Waals surface area contributed by atoms with Crippen LogP contribution in [-0.2, 0) is 10.0 Å². The molecule has 134 valence electrons. The summed E-state index contributed by atoms with van der Waals surface area (Å²) in [5.74, 6) is 0.348. The lowest BCUT2D eigenvalue weighted by atomic mass is 9.99. The standard InChI is InChI=1S/C18H28N2O3S/c1-3-5-6-14(4-2)13-19-18(21)15-7-11-17(12-8-15)24(22,23)20-16-9-10-16/h7-8,11-12,14,16,20H,3-6,9-10,13H2,1-2H3,(H,19,21). The van der Waals surface area contributed by atoms with Gasteiger partial charge in [0.2, 0.25) is 10.0 Å². The second-order valence-electron chi connectivity index (χ2n) is 6.55. The van der Waals surface area contributed by atoms with Crippen LogP contribution in [-0.4, -0.2) is 26.9 Å². The highest BCUT2D eigenvalue weighted by Crippen LogP contribution is 2.22. The first-order valence-corrected chi connectivity index (χ1v) is 10.3. The Balaban J connectivity index is 1.90. The third-order valence-corrected chi connectivity index (χ3v) is 5.96. The van der Waals surface area contributed by atoms with Crippen LogP contribution in [0.15, 0.2) is 29.2 Å². The van der Waals surface area contributed by atoms with Crippen molar-refractivity contribution in [2.24, 2.45) is 5.92 Å². The Hall–Kier alpha value is -1.40. The Bertz CT molecular complexity index is 637. The molecule has 24 heavy (non-hydrogen) atoms. The fraction of sp³-hybridized carbons (Fsp3) is 0.611. The van der Waals surface area contributed by atoms with Crippen LogP contribution in [0.2, 0.25) is 0 Å². The third kappa shape index (κ3) is 5.60. The Kier molecular flexibility index (Phi) is 6.80. The van der Waals surface area contributed by atoms with E-state index in [0.29, 0.717) is 18.0 Å². The van der Waals surface area contributed by atoms with Gasteiger partial charge in [0, 0.05) is 18.2 Å². The summed E-state index contributed by atoms with van der Waals surface area (Å²) in [6, 6.07) is 6.21. The van der Waals surface area contributed by atoms with Gasteiger partial charge < -0.3 is 5.32 Å². The molecule has 0 aliphatic heterocycles. The molecule has 2 rings (SSSR count). The van der Waals surface area contributed by atoms with E-state index in [1.165, 1.54) is 18.6 Å². The lowest BCUT2D eigenvalue weighted by molar-refractivity contribution is 0.0945. The minimum Gasteiger partial charge on any atom is -0.352 e. The predicted molar refractivity (Wildman–Crippen MR) is 95.4 cm³/mol. The van der Waals surface area contributed by atoms with E-state index in [0.717, 1.165) is 32.1 Å². The average Bonchev–Trinajstić information content (AvgIpc) is 3.38. The molecular weight excluding hydrogens is 324 g/mol. The molecule has 0 spiro atoms. The van der Waals surface area contributed by atoms with E-state index in [-0.39, 0.29) is 16.8 Å². The number of nitrogens with one attached hydrogen (secondary N) is 2. The molecule has 1 aromatic carbocycles. The van der Waals surface area contributed by atoms with Crippen molar-refractivity contribution in [1.82, 2.24) is 10.0 Å². The Morgan fingerprint density at radius 1 is 1.21 bits per heavy atom. The molecule has 1 atom stereocenters. The van der Waals surface area contributed by atoms with Crippen molar-refractivity contribution in [3.63, 3.8) is 0 Å². The Morgan fingerprint density at radius 3 is 2.42 bits per heavy atom. The minimum atomic E-state index is -3.46. The zero-order valence-corrected chi connectivity index (χ0v) is 15.4. The summed E-state index contributed by atoms with van der Waals surface area (Å²) >= 11 is 0. The highest BCUT2D eigenvalue weighted by Gasteiger charge is 2.27. The molecule has 1 saturated carbocycles. The number of sulfonamides is 1. The summed E-state index contributed by atoms with van der Waals surface area (Å²) < 4.78 is 26.8. The van der Waals surface area contributed by atoms with E-state index in [2.05, 4.69) is 23.9 Å². The molecule has 5 nitrogen and oxygen atoms in total. The van der Waals surface area contributed by atoms with Crippen molar-refractivity contribution in [2.75, 3.05) is 6.54 Å². The summed E-state index contributed by atoms with van der Waals surface area (Å²) in [5.41, 5.74) is 0.491. The zero-order chi connectivity index (χ0) is 17.6. The van der Waals surface area contributed by atoms with Crippen LogP contribution in [0, 0.1) is 5.92 Å². The van der Waals surface area contributed by atoms with Gasteiger partial charge in [-0.15, -0.1) is 0 Å². The first-order chi connectivity index (χ1) is 11.5. The van der Waals surface area contributed by atoms with E-state index >= 15 is 0 Å². The molecule has 1 amide bonds. The van der Waals surface area contributed by atoms with Gasteiger partial charge in [-0.3, -0.25) is 4.79 Å². The fourth-order valence-electron chi connectivity index (χ4n) is 2.56. The summed E-state index contributed by atoms with van der Waals surface area (Å²) in [4.78, 5) is 12.4. The number of hydrogen-bond donors (Lipinski definition) is 2. The van der Waals surface area contributed by atoms with Crippen LogP contribution < -0.4 is 10.0 Å². The van der Waals surface area contributed by atoms with Crippen LogP contribution >= 0.6 is 0 Å². The lowest BCUT2D eigenvalue weighted by Gasteiger charge is -2.15. The van der Waals surface area contributed by atoms with Gasteiger partial charge in [0.25, 0.3) is 5.91 Å². The van der Waals surface area contributed by atoms with Crippen molar-refractivity contribution < 1.29 is 13.2 Å².